The summed E-state index contributed by atoms with van der Waals surface area (Å²) in [5, 5.41) is 2.96. The molecule has 1 saturated heterocycles. The lowest BCUT2D eigenvalue weighted by Gasteiger charge is -2.22. The van der Waals surface area contributed by atoms with Crippen LogP contribution in [0.4, 0.5) is 0 Å². The lowest BCUT2D eigenvalue weighted by Crippen LogP contribution is -2.46. The summed E-state index contributed by atoms with van der Waals surface area (Å²) >= 11 is 3.40. The molecule has 4 nitrogen and oxygen atoms in total. The number of ether oxygens (including phenoxy) is 2. The number of hydrogen-bond donors (Lipinski definition) is 1. The minimum Gasteiger partial charge on any atom is -0.480 e. The molecule has 0 saturated carbocycles. The lowest BCUT2D eigenvalue weighted by molar-refractivity contribution is -0.128. The molecule has 1 aliphatic heterocycles. The Labute approximate surface area is 128 Å². The molecule has 1 N–H and O–H groups in total. The highest BCUT2D eigenvalue weighted by atomic mass is 79.9. The third-order valence-corrected chi connectivity index (χ3v) is 4.06. The summed E-state index contributed by atoms with van der Waals surface area (Å²) in [7, 11) is 0. The van der Waals surface area contributed by atoms with E-state index in [9.17, 15) is 4.79 Å². The van der Waals surface area contributed by atoms with Crippen LogP contribution in [-0.4, -0.2) is 30.8 Å². The average Bonchev–Trinajstić information content (AvgIpc) is 2.95. The molecule has 0 radical (unpaired) electrons. The maximum Gasteiger partial charge on any atom is 0.261 e. The van der Waals surface area contributed by atoms with Crippen molar-refractivity contribution in [3.63, 3.8) is 0 Å². The third kappa shape index (κ3) is 3.96. The first kappa shape index (κ1) is 15.3. The zero-order chi connectivity index (χ0) is 14.5. The fraction of sp³-hybridized carbons (Fsp3) is 0.533. The van der Waals surface area contributed by atoms with Gasteiger partial charge in [-0.3, -0.25) is 4.79 Å². The van der Waals surface area contributed by atoms with Crippen LogP contribution in [0.3, 0.4) is 0 Å². The van der Waals surface area contributed by atoms with Gasteiger partial charge in [-0.2, -0.15) is 0 Å². The normalized spacial score (nSPS) is 21.2. The predicted octanol–water partition coefficient (Wildman–Crippen LogP) is 2.90. The van der Waals surface area contributed by atoms with Crippen molar-refractivity contribution in [2.24, 2.45) is 0 Å². The van der Waals surface area contributed by atoms with E-state index in [0.717, 1.165) is 23.9 Å². The first-order valence-corrected chi connectivity index (χ1v) is 7.70. The van der Waals surface area contributed by atoms with E-state index in [-0.39, 0.29) is 18.1 Å². The SMILES string of the molecule is C[C@H](Oc1ccccc1Br)C(=O)N[C@@H](C)[C@@H]1CCCO1. The molecular weight excluding hydrogens is 322 g/mol. The Hall–Kier alpha value is -1.07. The maximum atomic E-state index is 12.1. The third-order valence-electron chi connectivity index (χ3n) is 3.40. The Bertz CT molecular complexity index is 460. The molecule has 1 fully saturated rings. The molecule has 20 heavy (non-hydrogen) atoms. The van der Waals surface area contributed by atoms with Gasteiger partial charge in [0.2, 0.25) is 0 Å². The topological polar surface area (TPSA) is 47.6 Å². The summed E-state index contributed by atoms with van der Waals surface area (Å²) in [6.07, 6.45) is 1.64. The fourth-order valence-electron chi connectivity index (χ4n) is 2.22. The second-order valence-corrected chi connectivity index (χ2v) is 5.89. The highest BCUT2D eigenvalue weighted by molar-refractivity contribution is 9.10. The molecule has 1 aromatic rings. The Morgan fingerprint density at radius 3 is 2.85 bits per heavy atom. The van der Waals surface area contributed by atoms with Crippen LogP contribution in [0.2, 0.25) is 0 Å². The molecule has 3 atom stereocenters. The van der Waals surface area contributed by atoms with Crippen molar-refractivity contribution >= 4 is 21.8 Å². The van der Waals surface area contributed by atoms with Gasteiger partial charge < -0.3 is 14.8 Å². The number of nitrogens with one attached hydrogen (secondary N) is 1. The Morgan fingerprint density at radius 1 is 1.45 bits per heavy atom. The number of rotatable bonds is 5. The van der Waals surface area contributed by atoms with Crippen molar-refractivity contribution in [3.05, 3.63) is 28.7 Å². The van der Waals surface area contributed by atoms with Gasteiger partial charge >= 0.3 is 0 Å². The summed E-state index contributed by atoms with van der Waals surface area (Å²) in [4.78, 5) is 12.1. The zero-order valence-corrected chi connectivity index (χ0v) is 13.4. The molecule has 110 valence electrons. The number of amides is 1. The van der Waals surface area contributed by atoms with E-state index in [2.05, 4.69) is 21.2 Å². The Kier molecular flexibility index (Phi) is 5.43. The molecule has 5 heteroatoms. The van der Waals surface area contributed by atoms with Crippen molar-refractivity contribution in [2.75, 3.05) is 6.61 Å². The lowest BCUT2D eigenvalue weighted by atomic mass is 10.1. The van der Waals surface area contributed by atoms with Gasteiger partial charge in [0.1, 0.15) is 5.75 Å². The van der Waals surface area contributed by atoms with Crippen LogP contribution in [0.15, 0.2) is 28.7 Å². The highest BCUT2D eigenvalue weighted by Crippen LogP contribution is 2.25. The molecule has 1 amide bonds. The van der Waals surface area contributed by atoms with E-state index in [1.165, 1.54) is 0 Å². The molecule has 0 bridgehead atoms. The van der Waals surface area contributed by atoms with Crippen LogP contribution < -0.4 is 10.1 Å². The van der Waals surface area contributed by atoms with Crippen LogP contribution in [-0.2, 0) is 9.53 Å². The van der Waals surface area contributed by atoms with Crippen LogP contribution in [0.5, 0.6) is 5.75 Å². The van der Waals surface area contributed by atoms with Crippen molar-refractivity contribution in [1.29, 1.82) is 0 Å². The van der Waals surface area contributed by atoms with Gasteiger partial charge in [0.05, 0.1) is 16.6 Å². The minimum absolute atomic E-state index is 0.00950. The average molecular weight is 342 g/mol. The summed E-state index contributed by atoms with van der Waals surface area (Å²) in [6, 6.07) is 7.50. The van der Waals surface area contributed by atoms with Gasteiger partial charge in [0.15, 0.2) is 6.10 Å². The van der Waals surface area contributed by atoms with Crippen LogP contribution in [0.1, 0.15) is 26.7 Å². The summed E-state index contributed by atoms with van der Waals surface area (Å²) < 4.78 is 12.1. The number of carbonyl (C=O) groups is 1. The Morgan fingerprint density at radius 2 is 2.20 bits per heavy atom. The fourth-order valence-corrected chi connectivity index (χ4v) is 2.59. The summed E-state index contributed by atoms with van der Waals surface area (Å²) in [6.45, 7) is 4.50. The van der Waals surface area contributed by atoms with Crippen molar-refractivity contribution in [3.8, 4) is 5.75 Å². The van der Waals surface area contributed by atoms with Gasteiger partial charge in [-0.25, -0.2) is 0 Å². The first-order valence-electron chi connectivity index (χ1n) is 6.91. The molecule has 0 aromatic heterocycles. The van der Waals surface area contributed by atoms with Gasteiger partial charge in [-0.15, -0.1) is 0 Å². The quantitative estimate of drug-likeness (QED) is 0.895. The van der Waals surface area contributed by atoms with Gasteiger partial charge in [-0.1, -0.05) is 12.1 Å². The first-order chi connectivity index (χ1) is 9.58. The van der Waals surface area contributed by atoms with E-state index in [4.69, 9.17) is 9.47 Å². The van der Waals surface area contributed by atoms with E-state index in [1.807, 2.05) is 31.2 Å². The molecule has 1 aliphatic rings. The van der Waals surface area contributed by atoms with E-state index >= 15 is 0 Å². The standard InChI is InChI=1S/C15H20BrNO3/c1-10(13-8-5-9-19-13)17-15(18)11(2)20-14-7-4-3-6-12(14)16/h3-4,6-7,10-11,13H,5,8-9H2,1-2H3,(H,17,18)/t10-,11-,13-/m0/s1. The number of benzene rings is 1. The summed E-state index contributed by atoms with van der Waals surface area (Å²) in [5.74, 6) is 0.545. The smallest absolute Gasteiger partial charge is 0.261 e. The minimum atomic E-state index is -0.544. The van der Waals surface area contributed by atoms with Gasteiger partial charge in [0.25, 0.3) is 5.91 Å². The molecule has 2 rings (SSSR count). The highest BCUT2D eigenvalue weighted by Gasteiger charge is 2.25. The van der Waals surface area contributed by atoms with E-state index in [0.29, 0.717) is 5.75 Å². The number of hydrogen-bond acceptors (Lipinski definition) is 3. The van der Waals surface area contributed by atoms with Gasteiger partial charge in [-0.05, 0) is 54.8 Å². The van der Waals surface area contributed by atoms with Crippen molar-refractivity contribution in [1.82, 2.24) is 5.32 Å². The van der Waals surface area contributed by atoms with E-state index in [1.54, 1.807) is 6.92 Å². The van der Waals surface area contributed by atoms with Crippen LogP contribution in [0.25, 0.3) is 0 Å². The molecule has 0 aliphatic carbocycles. The maximum absolute atomic E-state index is 12.1. The largest absolute Gasteiger partial charge is 0.480 e. The van der Waals surface area contributed by atoms with Crippen LogP contribution in [0, 0.1) is 0 Å². The van der Waals surface area contributed by atoms with Crippen LogP contribution >= 0.6 is 15.9 Å². The molecule has 0 unspecified atom stereocenters. The second kappa shape index (κ2) is 7.09. The summed E-state index contributed by atoms with van der Waals surface area (Å²) in [5.41, 5.74) is 0. The van der Waals surface area contributed by atoms with Crippen molar-refractivity contribution < 1.29 is 14.3 Å². The zero-order valence-electron chi connectivity index (χ0n) is 11.8. The second-order valence-electron chi connectivity index (χ2n) is 5.04. The van der Waals surface area contributed by atoms with Crippen molar-refractivity contribution in [2.45, 2.75) is 44.9 Å². The molecule has 0 spiro atoms. The molecule has 1 aromatic carbocycles. The Balaban J connectivity index is 1.87. The number of para-hydroxylation sites is 1. The predicted molar refractivity (Wildman–Crippen MR) is 80.8 cm³/mol. The van der Waals surface area contributed by atoms with Gasteiger partial charge in [0, 0.05) is 6.61 Å². The van der Waals surface area contributed by atoms with E-state index < -0.39 is 6.10 Å². The number of halogens is 1. The number of carbonyl (C=O) groups excluding carboxylic acids is 1. The molecule has 1 heterocycles. The monoisotopic (exact) mass is 341 g/mol. The molecular formula is C15H20BrNO3.